The highest BCUT2D eigenvalue weighted by molar-refractivity contribution is 6.04. The van der Waals surface area contributed by atoms with E-state index in [4.69, 9.17) is 5.73 Å². The number of fused-ring (bicyclic) bond motifs is 1. The Balaban J connectivity index is 2.07. The predicted molar refractivity (Wildman–Crippen MR) is 82.9 cm³/mol. The highest BCUT2D eigenvalue weighted by Gasteiger charge is 2.23. The first-order chi connectivity index (χ1) is 10.1. The number of nitrogens with one attached hydrogen (secondary N) is 1. The molecule has 21 heavy (non-hydrogen) atoms. The van der Waals surface area contributed by atoms with Crippen LogP contribution in [0.5, 0.6) is 0 Å². The van der Waals surface area contributed by atoms with Crippen LogP contribution in [0.15, 0.2) is 42.5 Å². The van der Waals surface area contributed by atoms with E-state index in [1.54, 1.807) is 12.1 Å². The van der Waals surface area contributed by atoms with Crippen molar-refractivity contribution in [3.63, 3.8) is 0 Å². The molecule has 1 amide bonds. The molecule has 0 unspecified atom stereocenters. The first-order valence-electron chi connectivity index (χ1n) is 6.63. The molecule has 0 aliphatic carbocycles. The van der Waals surface area contributed by atoms with E-state index in [0.717, 1.165) is 17.1 Å². The average molecular weight is 281 g/mol. The van der Waals surface area contributed by atoms with Gasteiger partial charge >= 0.3 is 0 Å². The maximum absolute atomic E-state index is 11.8. The van der Waals surface area contributed by atoms with Gasteiger partial charge < -0.3 is 16.0 Å². The first-order valence-corrected chi connectivity index (χ1v) is 6.63. The van der Waals surface area contributed by atoms with E-state index >= 15 is 0 Å². The van der Waals surface area contributed by atoms with Crippen LogP contribution >= 0.6 is 0 Å². The number of hydrogen-bond acceptors (Lipinski definition) is 4. The second kappa shape index (κ2) is 4.94. The topological polar surface area (TPSA) is 75.4 Å². The number of carbonyl (C=O) groups is 2. The van der Waals surface area contributed by atoms with E-state index in [1.807, 2.05) is 35.2 Å². The van der Waals surface area contributed by atoms with Gasteiger partial charge in [-0.1, -0.05) is 12.1 Å². The van der Waals surface area contributed by atoms with Crippen LogP contribution in [-0.4, -0.2) is 18.2 Å². The molecule has 2 aromatic rings. The number of nitrogens with two attached hydrogens (primary N) is 1. The van der Waals surface area contributed by atoms with E-state index in [0.29, 0.717) is 11.3 Å². The van der Waals surface area contributed by atoms with E-state index in [9.17, 15) is 9.59 Å². The number of carbonyl (C=O) groups excluding carboxylic acids is 2. The van der Waals surface area contributed by atoms with Crippen LogP contribution in [0.1, 0.15) is 17.3 Å². The van der Waals surface area contributed by atoms with Crippen molar-refractivity contribution in [2.45, 2.75) is 6.92 Å². The molecule has 1 heterocycles. The largest absolute Gasteiger partial charge is 0.398 e. The van der Waals surface area contributed by atoms with Crippen molar-refractivity contribution in [3.8, 4) is 0 Å². The van der Waals surface area contributed by atoms with Gasteiger partial charge in [0, 0.05) is 16.9 Å². The Bertz CT molecular complexity index is 740. The number of nitrogens with zero attached hydrogens (tertiary/aromatic N) is 1. The van der Waals surface area contributed by atoms with Gasteiger partial charge in [-0.2, -0.15) is 0 Å². The predicted octanol–water partition coefficient (Wildman–Crippen LogP) is 2.56. The summed E-state index contributed by atoms with van der Waals surface area (Å²) >= 11 is 0. The van der Waals surface area contributed by atoms with E-state index in [-0.39, 0.29) is 18.2 Å². The van der Waals surface area contributed by atoms with E-state index < -0.39 is 0 Å². The molecule has 0 radical (unpaired) electrons. The van der Waals surface area contributed by atoms with E-state index in [1.165, 1.54) is 6.92 Å². The fourth-order valence-electron chi connectivity index (χ4n) is 2.50. The van der Waals surface area contributed by atoms with Crippen LogP contribution in [0.3, 0.4) is 0 Å². The number of rotatable bonds is 2. The third-order valence-corrected chi connectivity index (χ3v) is 3.50. The fraction of sp³-hybridized carbons (Fsp3) is 0.125. The minimum atomic E-state index is -0.0806. The number of hydrogen-bond donors (Lipinski definition) is 2. The molecule has 2 aromatic carbocycles. The standard InChI is InChI=1S/C16H15N3O2/c1-10(20)12-7-6-11(8-13(12)17)19-9-16(21)18-14-4-2-3-5-15(14)19/h2-8H,9,17H2,1H3,(H,18,21). The Morgan fingerprint density at radius 3 is 2.71 bits per heavy atom. The maximum Gasteiger partial charge on any atom is 0.244 e. The molecule has 5 nitrogen and oxygen atoms in total. The van der Waals surface area contributed by atoms with Gasteiger partial charge in [0.05, 0.1) is 11.4 Å². The zero-order valence-corrected chi connectivity index (χ0v) is 11.6. The molecule has 0 fully saturated rings. The van der Waals surface area contributed by atoms with Crippen LogP contribution in [0.2, 0.25) is 0 Å². The first kappa shape index (κ1) is 13.2. The molecule has 1 aliphatic rings. The molecule has 3 rings (SSSR count). The molecule has 0 bridgehead atoms. The SMILES string of the molecule is CC(=O)c1ccc(N2CC(=O)Nc3ccccc32)cc1N. The quantitative estimate of drug-likeness (QED) is 0.655. The Hall–Kier alpha value is -2.82. The summed E-state index contributed by atoms with van der Waals surface area (Å²) < 4.78 is 0. The van der Waals surface area contributed by atoms with Crippen LogP contribution in [-0.2, 0) is 4.79 Å². The molecule has 5 heteroatoms. The number of amides is 1. The monoisotopic (exact) mass is 281 g/mol. The number of Topliss-reactive ketones (excluding diaryl/α,β-unsaturated/α-hetero) is 1. The Labute approximate surface area is 122 Å². The molecule has 0 saturated carbocycles. The number of para-hydroxylation sites is 2. The van der Waals surface area contributed by atoms with Gasteiger partial charge in [0.25, 0.3) is 0 Å². The molecule has 106 valence electrons. The second-order valence-electron chi connectivity index (χ2n) is 4.98. The molecule has 0 spiro atoms. The van der Waals surface area contributed by atoms with Crippen LogP contribution < -0.4 is 16.0 Å². The Kier molecular flexibility index (Phi) is 3.10. The Morgan fingerprint density at radius 1 is 1.24 bits per heavy atom. The lowest BCUT2D eigenvalue weighted by atomic mass is 10.1. The van der Waals surface area contributed by atoms with Gasteiger partial charge in [-0.3, -0.25) is 9.59 Å². The van der Waals surface area contributed by atoms with Crippen molar-refractivity contribution in [2.75, 3.05) is 22.5 Å². The number of benzene rings is 2. The highest BCUT2D eigenvalue weighted by Crippen LogP contribution is 2.35. The van der Waals surface area contributed by atoms with Crippen LogP contribution in [0.25, 0.3) is 0 Å². The summed E-state index contributed by atoms with van der Waals surface area (Å²) in [5.41, 5.74) is 9.32. The fourth-order valence-corrected chi connectivity index (χ4v) is 2.50. The Morgan fingerprint density at radius 2 is 2.00 bits per heavy atom. The summed E-state index contributed by atoms with van der Waals surface area (Å²) in [7, 11) is 0. The molecule has 3 N–H and O–H groups in total. The number of ketones is 1. The average Bonchev–Trinajstić information content (AvgIpc) is 2.45. The minimum Gasteiger partial charge on any atom is -0.398 e. The van der Waals surface area contributed by atoms with Gasteiger partial charge in [0.15, 0.2) is 5.78 Å². The van der Waals surface area contributed by atoms with Crippen molar-refractivity contribution in [1.29, 1.82) is 0 Å². The molecule has 0 aromatic heterocycles. The maximum atomic E-state index is 11.8. The molecule has 1 aliphatic heterocycles. The normalized spacial score (nSPS) is 13.6. The van der Waals surface area contributed by atoms with Crippen LogP contribution in [0, 0.1) is 0 Å². The lowest BCUT2D eigenvalue weighted by molar-refractivity contribution is -0.115. The van der Waals surface area contributed by atoms with Crippen molar-refractivity contribution in [2.24, 2.45) is 0 Å². The second-order valence-corrected chi connectivity index (χ2v) is 4.98. The lowest BCUT2D eigenvalue weighted by Gasteiger charge is -2.31. The summed E-state index contributed by atoms with van der Waals surface area (Å²) in [6.07, 6.45) is 0. The van der Waals surface area contributed by atoms with Gasteiger partial charge in [-0.05, 0) is 37.3 Å². The van der Waals surface area contributed by atoms with Crippen molar-refractivity contribution >= 4 is 34.4 Å². The van der Waals surface area contributed by atoms with Crippen molar-refractivity contribution in [3.05, 3.63) is 48.0 Å². The minimum absolute atomic E-state index is 0.0733. The number of anilines is 4. The van der Waals surface area contributed by atoms with Crippen LogP contribution in [0.4, 0.5) is 22.7 Å². The number of nitrogen functional groups attached to an aromatic ring is 1. The summed E-state index contributed by atoms with van der Waals surface area (Å²) in [4.78, 5) is 25.2. The molecule has 0 atom stereocenters. The smallest absolute Gasteiger partial charge is 0.244 e. The summed E-state index contributed by atoms with van der Waals surface area (Å²) in [6, 6.07) is 12.8. The van der Waals surface area contributed by atoms with Gasteiger partial charge in [-0.25, -0.2) is 0 Å². The van der Waals surface area contributed by atoms with Gasteiger partial charge in [0.1, 0.15) is 6.54 Å². The summed E-state index contributed by atoms with van der Waals surface area (Å²) in [6.45, 7) is 1.70. The molecular weight excluding hydrogens is 266 g/mol. The van der Waals surface area contributed by atoms with Crippen molar-refractivity contribution in [1.82, 2.24) is 0 Å². The molecular formula is C16H15N3O2. The van der Waals surface area contributed by atoms with Gasteiger partial charge in [0.2, 0.25) is 5.91 Å². The summed E-state index contributed by atoms with van der Waals surface area (Å²) in [5, 5.41) is 2.84. The zero-order chi connectivity index (χ0) is 15.0. The lowest BCUT2D eigenvalue weighted by Crippen LogP contribution is -2.35. The summed E-state index contributed by atoms with van der Waals surface area (Å²) in [5.74, 6) is -0.154. The zero-order valence-electron chi connectivity index (χ0n) is 11.6. The highest BCUT2D eigenvalue weighted by atomic mass is 16.2. The van der Waals surface area contributed by atoms with E-state index in [2.05, 4.69) is 5.32 Å². The van der Waals surface area contributed by atoms with Crippen molar-refractivity contribution < 1.29 is 9.59 Å². The third-order valence-electron chi connectivity index (χ3n) is 3.50. The van der Waals surface area contributed by atoms with Gasteiger partial charge in [-0.15, -0.1) is 0 Å². The third kappa shape index (κ3) is 2.33. The molecule has 0 saturated heterocycles.